The summed E-state index contributed by atoms with van der Waals surface area (Å²) in [5.74, 6) is 1.95. The van der Waals surface area contributed by atoms with E-state index in [0.717, 1.165) is 11.5 Å². The Hall–Kier alpha value is -3.72. The summed E-state index contributed by atoms with van der Waals surface area (Å²) in [4.78, 5) is 0. The molecule has 0 saturated carbocycles. The molecule has 1 heterocycles. The van der Waals surface area contributed by atoms with Crippen LogP contribution in [0.2, 0.25) is 6.55 Å². The molecule has 0 fully saturated rings. The van der Waals surface area contributed by atoms with Gasteiger partial charge in [-0.05, 0) is 0 Å². The van der Waals surface area contributed by atoms with Crippen molar-refractivity contribution >= 4 is 23.7 Å². The average molecular weight is 794 g/mol. The first-order valence-corrected chi connectivity index (χ1v) is 26.7. The fraction of sp³-hybridized carbons (Fsp3) is 0.306. The van der Waals surface area contributed by atoms with Crippen LogP contribution in [0.15, 0.2) is 126 Å². The summed E-state index contributed by atoms with van der Waals surface area (Å²) in [6, 6.07) is 43.7. The van der Waals surface area contributed by atoms with Gasteiger partial charge in [0.1, 0.15) is 0 Å². The fourth-order valence-electron chi connectivity index (χ4n) is 10.1. The van der Waals surface area contributed by atoms with Gasteiger partial charge in [-0.1, -0.05) is 0 Å². The number of hydrogen-bond donors (Lipinski definition) is 0. The van der Waals surface area contributed by atoms with E-state index in [2.05, 4.69) is 191 Å². The van der Waals surface area contributed by atoms with Crippen LogP contribution in [0.1, 0.15) is 107 Å². The molecule has 0 saturated heterocycles. The van der Waals surface area contributed by atoms with Crippen molar-refractivity contribution in [1.29, 1.82) is 0 Å². The van der Waals surface area contributed by atoms with Crippen LogP contribution in [-0.2, 0) is 32.0 Å². The zero-order chi connectivity index (χ0) is 37.7. The van der Waals surface area contributed by atoms with E-state index in [1.165, 1.54) is 60.8 Å². The van der Waals surface area contributed by atoms with Crippen molar-refractivity contribution in [3.8, 4) is 11.5 Å². The number of allylic oxidation sites excluding steroid dienone is 2. The first-order valence-electron chi connectivity index (χ1n) is 19.3. The van der Waals surface area contributed by atoms with E-state index >= 15 is 0 Å². The van der Waals surface area contributed by atoms with Crippen molar-refractivity contribution < 1.29 is 26.8 Å². The van der Waals surface area contributed by atoms with Crippen molar-refractivity contribution in [3.05, 3.63) is 171 Å². The third kappa shape index (κ3) is 5.57. The number of hydrogen-bond acceptors (Lipinski definition) is 2. The van der Waals surface area contributed by atoms with Crippen molar-refractivity contribution in [3.63, 3.8) is 0 Å². The molecule has 0 aromatic heterocycles. The first kappa shape index (κ1) is 36.3. The van der Waals surface area contributed by atoms with Gasteiger partial charge in [-0.25, -0.2) is 0 Å². The second kappa shape index (κ2) is 12.7. The minimum atomic E-state index is -4.79. The topological polar surface area (TPSA) is 18.5 Å². The van der Waals surface area contributed by atoms with Crippen LogP contribution in [0.25, 0.3) is 10.4 Å². The Morgan fingerprint density at radius 2 is 0.906 bits per heavy atom. The molecule has 2 atom stereocenters. The van der Waals surface area contributed by atoms with E-state index in [0.29, 0.717) is 0 Å². The van der Waals surface area contributed by atoms with Crippen molar-refractivity contribution in [2.75, 3.05) is 0 Å². The molecule has 3 aliphatic rings. The van der Waals surface area contributed by atoms with Gasteiger partial charge in [0.05, 0.1) is 0 Å². The number of rotatable bonds is 5. The molecule has 53 heavy (non-hydrogen) atoms. The van der Waals surface area contributed by atoms with Crippen molar-refractivity contribution in [2.45, 2.75) is 93.9 Å². The van der Waals surface area contributed by atoms with Crippen LogP contribution < -0.4 is 10.8 Å². The predicted octanol–water partition coefficient (Wildman–Crippen LogP) is 12.5. The van der Waals surface area contributed by atoms with Crippen molar-refractivity contribution in [2.24, 2.45) is 0 Å². The zero-order valence-corrected chi connectivity index (χ0v) is 36.9. The molecule has 2 unspecified atom stereocenters. The molecule has 1 aliphatic heterocycles. The summed E-state index contributed by atoms with van der Waals surface area (Å²) in [7, 11) is -2.56. The molecule has 0 N–H and O–H groups in total. The Kier molecular flexibility index (Phi) is 8.67. The molecular formula is C49H54O2SiZr. The van der Waals surface area contributed by atoms with Gasteiger partial charge in [-0.15, -0.1) is 0 Å². The summed E-state index contributed by atoms with van der Waals surface area (Å²) in [6.45, 7) is 25.8. The minimum absolute atomic E-state index is 0.0296. The summed E-state index contributed by atoms with van der Waals surface area (Å²) in [6.07, 6.45) is 0. The van der Waals surface area contributed by atoms with E-state index in [-0.39, 0.29) is 18.1 Å². The Balaban J connectivity index is 1.54. The third-order valence-electron chi connectivity index (χ3n) is 12.3. The molecule has 4 heteroatoms. The molecule has 5 aromatic rings. The maximum absolute atomic E-state index is 8.22. The van der Waals surface area contributed by atoms with Gasteiger partial charge in [0, 0.05) is 0 Å². The number of aryl methyl sites for hydroxylation is 2. The van der Waals surface area contributed by atoms with E-state index in [1.54, 1.807) is 10.4 Å². The summed E-state index contributed by atoms with van der Waals surface area (Å²) in [5.41, 5.74) is 13.2. The van der Waals surface area contributed by atoms with Crippen LogP contribution in [0.3, 0.4) is 0 Å². The SMILES string of the molecule is CC1=C2c3ccccc3[CH]1[Zr]([O]c1ccc(C)cc1C(C)(C)C)([O]c1ccc(C)cc1C(C)(C)C)[CH]1C(C)=C(c3ccccc31)[Si]2(C)c1ccccc1. The van der Waals surface area contributed by atoms with E-state index < -0.39 is 29.2 Å². The predicted molar refractivity (Wildman–Crippen MR) is 222 cm³/mol. The normalized spacial score (nSPS) is 21.6. The van der Waals surface area contributed by atoms with E-state index in [9.17, 15) is 0 Å². The molecule has 5 aromatic carbocycles. The van der Waals surface area contributed by atoms with Crippen LogP contribution in [0.4, 0.5) is 0 Å². The summed E-state index contributed by atoms with van der Waals surface area (Å²) in [5, 5.41) is 4.55. The fourth-order valence-corrected chi connectivity index (χ4v) is 27.6. The van der Waals surface area contributed by atoms with Gasteiger partial charge in [-0.2, -0.15) is 0 Å². The molecule has 2 aliphatic carbocycles. The average Bonchev–Trinajstić information content (AvgIpc) is 3.60. The van der Waals surface area contributed by atoms with Crippen molar-refractivity contribution in [1.82, 2.24) is 0 Å². The molecular weight excluding hydrogens is 740 g/mol. The summed E-state index contributed by atoms with van der Waals surface area (Å²) < 4.78 is 16.5. The molecule has 0 spiro atoms. The second-order valence-corrected chi connectivity index (χ2v) is 29.3. The zero-order valence-electron chi connectivity index (χ0n) is 33.4. The Morgan fingerprint density at radius 1 is 0.509 bits per heavy atom. The summed E-state index contributed by atoms with van der Waals surface area (Å²) >= 11 is -4.79. The Morgan fingerprint density at radius 3 is 1.32 bits per heavy atom. The molecule has 0 radical (unpaired) electrons. The van der Waals surface area contributed by atoms with Gasteiger partial charge in [-0.3, -0.25) is 0 Å². The van der Waals surface area contributed by atoms with Crippen LogP contribution in [0.5, 0.6) is 11.5 Å². The number of benzene rings is 5. The van der Waals surface area contributed by atoms with Gasteiger partial charge < -0.3 is 0 Å². The van der Waals surface area contributed by atoms with Gasteiger partial charge in [0.25, 0.3) is 0 Å². The van der Waals surface area contributed by atoms with E-state index in [1.807, 2.05) is 0 Å². The molecule has 0 amide bonds. The monoisotopic (exact) mass is 792 g/mol. The maximum atomic E-state index is 8.22. The van der Waals surface area contributed by atoms with Crippen LogP contribution >= 0.6 is 0 Å². The quantitative estimate of drug-likeness (QED) is 0.165. The Bertz CT molecular complexity index is 2190. The molecule has 2 nitrogen and oxygen atoms in total. The molecule has 4 bridgehead atoms. The van der Waals surface area contributed by atoms with Crippen LogP contribution in [-0.4, -0.2) is 8.07 Å². The first-order chi connectivity index (χ1) is 25.1. The second-order valence-electron chi connectivity index (χ2n) is 18.1. The van der Waals surface area contributed by atoms with Gasteiger partial charge in [0.2, 0.25) is 0 Å². The third-order valence-corrected chi connectivity index (χ3v) is 27.4. The standard InChI is InChI=1S/C27H24Si.2C11H16O.Zr/c1-19-17-21-11-7-9-15-24(21)26(19)28(3,23-13-5-4-6-14-23)27-20(2)18-22-12-8-10-16-25(22)27;2*1-8-5-6-10(12)9(7-8)11(2,3)4;/h4-18H,1-3H3;2*5-7,12H,1-4H3;/q;;;+2/p-2. The van der Waals surface area contributed by atoms with Gasteiger partial charge in [0.15, 0.2) is 0 Å². The molecule has 8 rings (SSSR count). The molecule has 270 valence electrons. The Labute approximate surface area is 324 Å². The van der Waals surface area contributed by atoms with E-state index in [4.69, 9.17) is 5.63 Å². The van der Waals surface area contributed by atoms with Gasteiger partial charge >= 0.3 is 327 Å². The van der Waals surface area contributed by atoms with Crippen LogP contribution in [0, 0.1) is 13.8 Å².